The first-order valence-electron chi connectivity index (χ1n) is 5.42. The predicted molar refractivity (Wildman–Crippen MR) is 58.8 cm³/mol. The van der Waals surface area contributed by atoms with E-state index in [1.807, 2.05) is 6.07 Å². The molecule has 1 aliphatic rings. The van der Waals surface area contributed by atoms with E-state index in [1.54, 1.807) is 0 Å². The first-order valence-corrected chi connectivity index (χ1v) is 5.42. The van der Waals surface area contributed by atoms with Crippen LogP contribution in [-0.4, -0.2) is 6.10 Å². The van der Waals surface area contributed by atoms with Gasteiger partial charge in [0.1, 0.15) is 11.9 Å². The molecule has 2 rings (SSSR count). The number of para-hydroxylation sites is 1. The molecule has 0 amide bonds. The minimum absolute atomic E-state index is 0.173. The first-order chi connectivity index (χ1) is 6.66. The van der Waals surface area contributed by atoms with Gasteiger partial charge in [0.25, 0.3) is 0 Å². The van der Waals surface area contributed by atoms with Crippen LogP contribution in [0.5, 0.6) is 5.75 Å². The van der Waals surface area contributed by atoms with Gasteiger partial charge in [-0.05, 0) is 12.5 Å². The van der Waals surface area contributed by atoms with Gasteiger partial charge in [0.15, 0.2) is 0 Å². The lowest BCUT2D eigenvalue weighted by Gasteiger charge is -2.25. The number of hydrogen-bond donors (Lipinski definition) is 0. The van der Waals surface area contributed by atoms with Crippen LogP contribution in [0.25, 0.3) is 0 Å². The molecule has 1 nitrogen and oxygen atoms in total. The Balaban J connectivity index is 2.35. The second kappa shape index (κ2) is 3.30. The van der Waals surface area contributed by atoms with E-state index in [0.29, 0.717) is 6.10 Å². The molecular weight excluding hydrogens is 172 g/mol. The molecule has 0 saturated carbocycles. The highest BCUT2D eigenvalue weighted by Gasteiger charge is 2.40. The standard InChI is InChI=1S/C13H18O/c1-4-7-12-13(2,3)10-8-5-6-9-11(10)14-12/h5-6,8-9,12H,4,7H2,1-3H3. The van der Waals surface area contributed by atoms with Crippen molar-refractivity contribution in [3.8, 4) is 5.75 Å². The van der Waals surface area contributed by atoms with E-state index in [0.717, 1.165) is 12.2 Å². The minimum atomic E-state index is 0.173. The Morgan fingerprint density at radius 3 is 2.64 bits per heavy atom. The minimum Gasteiger partial charge on any atom is -0.489 e. The van der Waals surface area contributed by atoms with Crippen LogP contribution in [0.15, 0.2) is 24.3 Å². The molecule has 1 aliphatic heterocycles. The molecule has 0 aliphatic carbocycles. The van der Waals surface area contributed by atoms with Crippen LogP contribution in [0.3, 0.4) is 0 Å². The van der Waals surface area contributed by atoms with Crippen molar-refractivity contribution in [3.05, 3.63) is 29.8 Å². The van der Waals surface area contributed by atoms with Crippen molar-refractivity contribution >= 4 is 0 Å². The van der Waals surface area contributed by atoms with Crippen molar-refractivity contribution in [2.24, 2.45) is 0 Å². The molecule has 1 heteroatoms. The van der Waals surface area contributed by atoms with Gasteiger partial charge >= 0.3 is 0 Å². The first kappa shape index (κ1) is 9.57. The Morgan fingerprint density at radius 1 is 1.29 bits per heavy atom. The highest BCUT2D eigenvalue weighted by molar-refractivity contribution is 5.43. The van der Waals surface area contributed by atoms with E-state index in [-0.39, 0.29) is 5.41 Å². The van der Waals surface area contributed by atoms with Gasteiger partial charge in [0, 0.05) is 11.0 Å². The van der Waals surface area contributed by atoms with E-state index < -0.39 is 0 Å². The lowest BCUT2D eigenvalue weighted by atomic mass is 9.79. The molecule has 0 radical (unpaired) electrons. The summed E-state index contributed by atoms with van der Waals surface area (Å²) in [6.45, 7) is 6.76. The number of rotatable bonds is 2. The summed E-state index contributed by atoms with van der Waals surface area (Å²) in [5.41, 5.74) is 1.53. The fourth-order valence-corrected chi connectivity index (χ4v) is 2.26. The summed E-state index contributed by atoms with van der Waals surface area (Å²) < 4.78 is 5.96. The Morgan fingerprint density at radius 2 is 2.00 bits per heavy atom. The molecule has 14 heavy (non-hydrogen) atoms. The van der Waals surface area contributed by atoms with Crippen molar-refractivity contribution in [2.75, 3.05) is 0 Å². The highest BCUT2D eigenvalue weighted by atomic mass is 16.5. The monoisotopic (exact) mass is 190 g/mol. The zero-order chi connectivity index (χ0) is 10.2. The molecule has 1 aromatic rings. The topological polar surface area (TPSA) is 9.23 Å². The van der Waals surface area contributed by atoms with Crippen LogP contribution in [0.1, 0.15) is 39.2 Å². The summed E-state index contributed by atoms with van der Waals surface area (Å²) in [6, 6.07) is 8.40. The van der Waals surface area contributed by atoms with Gasteiger partial charge in [-0.15, -0.1) is 0 Å². The second-order valence-electron chi connectivity index (χ2n) is 4.61. The molecule has 0 N–H and O–H groups in total. The quantitative estimate of drug-likeness (QED) is 0.693. The highest BCUT2D eigenvalue weighted by Crippen LogP contribution is 2.43. The zero-order valence-corrected chi connectivity index (χ0v) is 9.21. The summed E-state index contributed by atoms with van der Waals surface area (Å²) >= 11 is 0. The summed E-state index contributed by atoms with van der Waals surface area (Å²) in [4.78, 5) is 0. The normalized spacial score (nSPS) is 22.9. The predicted octanol–water partition coefficient (Wildman–Crippen LogP) is 3.53. The average Bonchev–Trinajstić information content (AvgIpc) is 2.41. The van der Waals surface area contributed by atoms with Gasteiger partial charge in [-0.25, -0.2) is 0 Å². The van der Waals surface area contributed by atoms with E-state index in [9.17, 15) is 0 Å². The van der Waals surface area contributed by atoms with Crippen LogP contribution in [-0.2, 0) is 5.41 Å². The Hall–Kier alpha value is -0.980. The summed E-state index contributed by atoms with van der Waals surface area (Å²) in [5, 5.41) is 0. The van der Waals surface area contributed by atoms with Crippen LogP contribution in [0.2, 0.25) is 0 Å². The largest absolute Gasteiger partial charge is 0.489 e. The van der Waals surface area contributed by atoms with Crippen LogP contribution < -0.4 is 4.74 Å². The third kappa shape index (κ3) is 1.31. The van der Waals surface area contributed by atoms with E-state index >= 15 is 0 Å². The van der Waals surface area contributed by atoms with Gasteiger partial charge in [-0.3, -0.25) is 0 Å². The lowest BCUT2D eigenvalue weighted by molar-refractivity contribution is 0.154. The van der Waals surface area contributed by atoms with E-state index in [1.165, 1.54) is 12.0 Å². The van der Waals surface area contributed by atoms with Crippen molar-refractivity contribution < 1.29 is 4.74 Å². The van der Waals surface area contributed by atoms with Crippen molar-refractivity contribution in [1.82, 2.24) is 0 Å². The van der Waals surface area contributed by atoms with Crippen LogP contribution >= 0.6 is 0 Å². The fraction of sp³-hybridized carbons (Fsp3) is 0.538. The van der Waals surface area contributed by atoms with E-state index in [2.05, 4.69) is 39.0 Å². The molecule has 1 heterocycles. The van der Waals surface area contributed by atoms with E-state index in [4.69, 9.17) is 4.74 Å². The number of ether oxygens (including phenoxy) is 1. The van der Waals surface area contributed by atoms with Gasteiger partial charge in [0.05, 0.1) is 0 Å². The summed E-state index contributed by atoms with van der Waals surface area (Å²) in [7, 11) is 0. The van der Waals surface area contributed by atoms with Crippen molar-refractivity contribution in [3.63, 3.8) is 0 Å². The molecular formula is C13H18O. The maximum atomic E-state index is 5.96. The summed E-state index contributed by atoms with van der Waals surface area (Å²) in [5.74, 6) is 1.08. The molecule has 0 spiro atoms. The Bertz CT molecular complexity index is 328. The maximum Gasteiger partial charge on any atom is 0.123 e. The van der Waals surface area contributed by atoms with Crippen molar-refractivity contribution in [1.29, 1.82) is 0 Å². The molecule has 1 atom stereocenters. The Labute approximate surface area is 86.1 Å². The Kier molecular flexibility index (Phi) is 2.26. The molecule has 0 fully saturated rings. The number of fused-ring (bicyclic) bond motifs is 1. The number of hydrogen-bond acceptors (Lipinski definition) is 1. The van der Waals surface area contributed by atoms with Crippen LogP contribution in [0.4, 0.5) is 0 Å². The van der Waals surface area contributed by atoms with Gasteiger partial charge in [-0.1, -0.05) is 45.4 Å². The third-order valence-corrected chi connectivity index (χ3v) is 3.21. The lowest BCUT2D eigenvalue weighted by Crippen LogP contribution is -2.31. The molecule has 0 bridgehead atoms. The smallest absolute Gasteiger partial charge is 0.123 e. The molecule has 0 aromatic heterocycles. The van der Waals surface area contributed by atoms with Crippen LogP contribution in [0, 0.1) is 0 Å². The molecule has 1 unspecified atom stereocenters. The zero-order valence-electron chi connectivity index (χ0n) is 9.21. The fourth-order valence-electron chi connectivity index (χ4n) is 2.26. The molecule has 1 aromatic carbocycles. The number of benzene rings is 1. The second-order valence-corrected chi connectivity index (χ2v) is 4.61. The SMILES string of the molecule is CCCC1Oc2ccccc2C1(C)C. The molecule has 76 valence electrons. The molecule has 0 saturated heterocycles. The van der Waals surface area contributed by atoms with Gasteiger partial charge < -0.3 is 4.74 Å². The van der Waals surface area contributed by atoms with Gasteiger partial charge in [0.2, 0.25) is 0 Å². The average molecular weight is 190 g/mol. The van der Waals surface area contributed by atoms with Gasteiger partial charge in [-0.2, -0.15) is 0 Å². The van der Waals surface area contributed by atoms with Crippen molar-refractivity contribution in [2.45, 2.75) is 45.1 Å². The third-order valence-electron chi connectivity index (χ3n) is 3.21. The maximum absolute atomic E-state index is 5.96. The summed E-state index contributed by atoms with van der Waals surface area (Å²) in [6.07, 6.45) is 2.67.